The predicted molar refractivity (Wildman–Crippen MR) is 85.3 cm³/mol. The highest BCUT2D eigenvalue weighted by atomic mass is 35.5. The minimum atomic E-state index is -0.513. The molecule has 0 unspecified atom stereocenters. The SMILES string of the molecule is O[C@H](CNCc1ccccc1)COCc1ccc(Cl)cc1. The van der Waals surface area contributed by atoms with Gasteiger partial charge in [-0.25, -0.2) is 0 Å². The van der Waals surface area contributed by atoms with Crippen LogP contribution in [0.25, 0.3) is 0 Å². The molecule has 0 heterocycles. The van der Waals surface area contributed by atoms with Gasteiger partial charge in [0.2, 0.25) is 0 Å². The number of nitrogens with one attached hydrogen (secondary N) is 1. The Morgan fingerprint density at radius 1 is 1.00 bits per heavy atom. The van der Waals surface area contributed by atoms with Gasteiger partial charge in [0.05, 0.1) is 19.3 Å². The molecule has 0 bridgehead atoms. The first-order valence-corrected chi connectivity index (χ1v) is 7.37. The first kappa shape index (κ1) is 16.0. The van der Waals surface area contributed by atoms with Crippen molar-refractivity contribution in [2.45, 2.75) is 19.3 Å². The van der Waals surface area contributed by atoms with Crippen LogP contribution in [0.3, 0.4) is 0 Å². The summed E-state index contributed by atoms with van der Waals surface area (Å²) < 4.78 is 5.49. The molecule has 4 heteroatoms. The third-order valence-electron chi connectivity index (χ3n) is 3.04. The molecule has 0 amide bonds. The van der Waals surface area contributed by atoms with Gasteiger partial charge in [-0.05, 0) is 23.3 Å². The summed E-state index contributed by atoms with van der Waals surface area (Å²) in [5, 5.41) is 13.8. The Morgan fingerprint density at radius 2 is 1.71 bits per heavy atom. The van der Waals surface area contributed by atoms with E-state index in [1.165, 1.54) is 5.56 Å². The van der Waals surface area contributed by atoms with Crippen LogP contribution in [0.1, 0.15) is 11.1 Å². The van der Waals surface area contributed by atoms with Crippen LogP contribution in [0.5, 0.6) is 0 Å². The van der Waals surface area contributed by atoms with E-state index in [4.69, 9.17) is 16.3 Å². The van der Waals surface area contributed by atoms with Crippen LogP contribution in [-0.4, -0.2) is 24.4 Å². The molecular formula is C17H20ClNO2. The van der Waals surface area contributed by atoms with Crippen LogP contribution in [0, 0.1) is 0 Å². The normalized spacial score (nSPS) is 12.3. The van der Waals surface area contributed by atoms with Crippen molar-refractivity contribution in [1.29, 1.82) is 0 Å². The van der Waals surface area contributed by atoms with E-state index in [-0.39, 0.29) is 0 Å². The van der Waals surface area contributed by atoms with Crippen LogP contribution >= 0.6 is 11.6 Å². The molecule has 0 aliphatic heterocycles. The zero-order valence-electron chi connectivity index (χ0n) is 11.8. The molecule has 2 aromatic carbocycles. The standard InChI is InChI=1S/C17H20ClNO2/c18-16-8-6-15(7-9-16)12-21-13-17(20)11-19-10-14-4-2-1-3-5-14/h1-9,17,19-20H,10-13H2/t17-/m1/s1. The van der Waals surface area contributed by atoms with Gasteiger partial charge in [0, 0.05) is 18.1 Å². The topological polar surface area (TPSA) is 41.5 Å². The molecule has 3 nitrogen and oxygen atoms in total. The summed E-state index contributed by atoms with van der Waals surface area (Å²) in [5.41, 5.74) is 2.25. The number of aliphatic hydroxyl groups is 1. The first-order valence-electron chi connectivity index (χ1n) is 6.99. The minimum absolute atomic E-state index is 0.310. The monoisotopic (exact) mass is 305 g/mol. The molecule has 21 heavy (non-hydrogen) atoms. The lowest BCUT2D eigenvalue weighted by atomic mass is 10.2. The molecule has 0 aliphatic rings. The van der Waals surface area contributed by atoms with Gasteiger partial charge in [-0.15, -0.1) is 0 Å². The molecule has 2 aromatic rings. The van der Waals surface area contributed by atoms with Crippen molar-refractivity contribution >= 4 is 11.6 Å². The molecular weight excluding hydrogens is 286 g/mol. The number of ether oxygens (including phenoxy) is 1. The van der Waals surface area contributed by atoms with Crippen molar-refractivity contribution in [1.82, 2.24) is 5.32 Å². The van der Waals surface area contributed by atoms with Crippen LogP contribution < -0.4 is 5.32 Å². The van der Waals surface area contributed by atoms with E-state index in [1.807, 2.05) is 42.5 Å². The lowest BCUT2D eigenvalue weighted by Crippen LogP contribution is -2.30. The summed E-state index contributed by atoms with van der Waals surface area (Å²) in [7, 11) is 0. The molecule has 0 aliphatic carbocycles. The number of rotatable bonds is 8. The van der Waals surface area contributed by atoms with Gasteiger partial charge < -0.3 is 15.2 Å². The highest BCUT2D eigenvalue weighted by molar-refractivity contribution is 6.30. The van der Waals surface area contributed by atoms with E-state index in [9.17, 15) is 5.11 Å². The molecule has 0 aromatic heterocycles. The first-order chi connectivity index (χ1) is 10.2. The smallest absolute Gasteiger partial charge is 0.0897 e. The number of benzene rings is 2. The van der Waals surface area contributed by atoms with E-state index in [1.54, 1.807) is 0 Å². The summed E-state index contributed by atoms with van der Waals surface area (Å²) in [5.74, 6) is 0. The van der Waals surface area contributed by atoms with Gasteiger partial charge in [0.25, 0.3) is 0 Å². The van der Waals surface area contributed by atoms with E-state index in [0.29, 0.717) is 24.8 Å². The van der Waals surface area contributed by atoms with Crippen molar-refractivity contribution in [3.05, 3.63) is 70.7 Å². The predicted octanol–water partition coefficient (Wildman–Crippen LogP) is 3.01. The highest BCUT2D eigenvalue weighted by Crippen LogP contribution is 2.10. The maximum absolute atomic E-state index is 9.84. The summed E-state index contributed by atoms with van der Waals surface area (Å²) in [6, 6.07) is 17.6. The highest BCUT2D eigenvalue weighted by Gasteiger charge is 2.04. The van der Waals surface area contributed by atoms with E-state index >= 15 is 0 Å². The Morgan fingerprint density at radius 3 is 2.43 bits per heavy atom. The molecule has 0 saturated carbocycles. The Balaban J connectivity index is 1.59. The minimum Gasteiger partial charge on any atom is -0.389 e. The van der Waals surface area contributed by atoms with Crippen molar-refractivity contribution in [2.24, 2.45) is 0 Å². The Bertz CT molecular complexity index is 516. The third-order valence-corrected chi connectivity index (χ3v) is 3.30. The number of aliphatic hydroxyl groups excluding tert-OH is 1. The molecule has 0 radical (unpaired) electrons. The fourth-order valence-corrected chi connectivity index (χ4v) is 2.06. The lowest BCUT2D eigenvalue weighted by molar-refractivity contribution is 0.0287. The molecule has 112 valence electrons. The Kier molecular flexibility index (Phi) is 6.70. The van der Waals surface area contributed by atoms with E-state index < -0.39 is 6.10 Å². The lowest BCUT2D eigenvalue weighted by Gasteiger charge is -2.12. The van der Waals surface area contributed by atoms with Crippen molar-refractivity contribution in [3.8, 4) is 0 Å². The second kappa shape index (κ2) is 8.80. The fourth-order valence-electron chi connectivity index (χ4n) is 1.93. The van der Waals surface area contributed by atoms with Gasteiger partial charge in [0.15, 0.2) is 0 Å². The quantitative estimate of drug-likeness (QED) is 0.788. The zero-order valence-corrected chi connectivity index (χ0v) is 12.6. The van der Waals surface area contributed by atoms with Crippen LogP contribution in [-0.2, 0) is 17.9 Å². The largest absolute Gasteiger partial charge is 0.389 e. The zero-order chi connectivity index (χ0) is 14.9. The number of halogens is 1. The van der Waals surface area contributed by atoms with Gasteiger partial charge in [-0.2, -0.15) is 0 Å². The average molecular weight is 306 g/mol. The van der Waals surface area contributed by atoms with E-state index in [2.05, 4.69) is 17.4 Å². The molecule has 0 fully saturated rings. The van der Waals surface area contributed by atoms with E-state index in [0.717, 1.165) is 12.1 Å². The average Bonchev–Trinajstić information content (AvgIpc) is 2.50. The van der Waals surface area contributed by atoms with Gasteiger partial charge in [-0.3, -0.25) is 0 Å². The maximum Gasteiger partial charge on any atom is 0.0897 e. The second-order valence-electron chi connectivity index (χ2n) is 4.91. The van der Waals surface area contributed by atoms with Crippen LogP contribution in [0.15, 0.2) is 54.6 Å². The molecule has 2 rings (SSSR count). The summed E-state index contributed by atoms with van der Waals surface area (Å²) in [6.45, 7) is 2.04. The maximum atomic E-state index is 9.84. The Labute approximate surface area is 130 Å². The van der Waals surface area contributed by atoms with Crippen molar-refractivity contribution in [3.63, 3.8) is 0 Å². The molecule has 2 N–H and O–H groups in total. The molecule has 0 saturated heterocycles. The summed E-state index contributed by atoms with van der Waals surface area (Å²) >= 11 is 5.81. The van der Waals surface area contributed by atoms with Crippen molar-refractivity contribution < 1.29 is 9.84 Å². The number of hydrogen-bond donors (Lipinski definition) is 2. The molecule has 0 spiro atoms. The third kappa shape index (κ3) is 6.27. The van der Waals surface area contributed by atoms with Crippen LogP contribution in [0.2, 0.25) is 5.02 Å². The van der Waals surface area contributed by atoms with Crippen LogP contribution in [0.4, 0.5) is 0 Å². The molecule has 1 atom stereocenters. The Hall–Kier alpha value is -1.39. The van der Waals surface area contributed by atoms with Gasteiger partial charge in [-0.1, -0.05) is 54.1 Å². The fraction of sp³-hybridized carbons (Fsp3) is 0.294. The number of hydrogen-bond acceptors (Lipinski definition) is 3. The summed E-state index contributed by atoms with van der Waals surface area (Å²) in [4.78, 5) is 0. The summed E-state index contributed by atoms with van der Waals surface area (Å²) in [6.07, 6.45) is -0.513. The van der Waals surface area contributed by atoms with Gasteiger partial charge >= 0.3 is 0 Å². The van der Waals surface area contributed by atoms with Crippen molar-refractivity contribution in [2.75, 3.05) is 13.2 Å². The van der Waals surface area contributed by atoms with Gasteiger partial charge in [0.1, 0.15) is 0 Å². The second-order valence-corrected chi connectivity index (χ2v) is 5.35.